The highest BCUT2D eigenvalue weighted by Gasteiger charge is 2.07. The first-order valence-electron chi connectivity index (χ1n) is 7.98. The Morgan fingerprint density at radius 2 is 1.77 bits per heavy atom. The molecule has 0 fully saturated rings. The largest absolute Gasteiger partial charge is 0.497 e. The van der Waals surface area contributed by atoms with E-state index in [0.29, 0.717) is 23.9 Å². The van der Waals surface area contributed by atoms with Gasteiger partial charge < -0.3 is 20.1 Å². The maximum absolute atomic E-state index is 6.18. The van der Waals surface area contributed by atoms with Crippen LogP contribution in [0.15, 0.2) is 54.9 Å². The first-order valence-corrected chi connectivity index (χ1v) is 8.36. The number of methoxy groups -OCH3 is 2. The van der Waals surface area contributed by atoms with E-state index in [1.807, 2.05) is 42.5 Å². The summed E-state index contributed by atoms with van der Waals surface area (Å²) in [5, 5.41) is 7.19. The number of aromatic nitrogens is 2. The van der Waals surface area contributed by atoms with Crippen LogP contribution in [0.4, 0.5) is 17.3 Å². The zero-order valence-corrected chi connectivity index (χ0v) is 15.2. The third-order valence-electron chi connectivity index (χ3n) is 3.76. The van der Waals surface area contributed by atoms with E-state index in [1.165, 1.54) is 6.33 Å². The molecular formula is C19H19ClN4O2. The second-order valence-electron chi connectivity index (χ2n) is 5.42. The van der Waals surface area contributed by atoms with Crippen LogP contribution >= 0.6 is 11.6 Å². The molecule has 0 aliphatic heterocycles. The molecule has 2 N–H and O–H groups in total. The molecule has 3 aromatic rings. The first kappa shape index (κ1) is 17.8. The van der Waals surface area contributed by atoms with Gasteiger partial charge in [0.15, 0.2) is 0 Å². The Labute approximate surface area is 157 Å². The van der Waals surface area contributed by atoms with Gasteiger partial charge in [-0.25, -0.2) is 9.97 Å². The van der Waals surface area contributed by atoms with Gasteiger partial charge in [-0.3, -0.25) is 0 Å². The number of ether oxygens (including phenoxy) is 2. The molecule has 0 unspecified atom stereocenters. The van der Waals surface area contributed by atoms with Crippen molar-refractivity contribution in [1.29, 1.82) is 0 Å². The van der Waals surface area contributed by atoms with Crippen LogP contribution in [0.1, 0.15) is 5.56 Å². The molecule has 7 heteroatoms. The van der Waals surface area contributed by atoms with Crippen molar-refractivity contribution in [2.45, 2.75) is 6.54 Å². The van der Waals surface area contributed by atoms with Gasteiger partial charge in [0.2, 0.25) is 0 Å². The van der Waals surface area contributed by atoms with Crippen LogP contribution < -0.4 is 20.1 Å². The molecule has 0 atom stereocenters. The molecular weight excluding hydrogens is 352 g/mol. The van der Waals surface area contributed by atoms with Crippen molar-refractivity contribution in [1.82, 2.24) is 9.97 Å². The summed E-state index contributed by atoms with van der Waals surface area (Å²) in [6, 6.07) is 15.0. The van der Waals surface area contributed by atoms with Crippen molar-refractivity contribution in [2.24, 2.45) is 0 Å². The molecule has 0 spiro atoms. The van der Waals surface area contributed by atoms with Crippen LogP contribution in [0.25, 0.3) is 0 Å². The molecule has 0 aliphatic carbocycles. The van der Waals surface area contributed by atoms with E-state index in [4.69, 9.17) is 21.1 Å². The number of benzene rings is 2. The summed E-state index contributed by atoms with van der Waals surface area (Å²) >= 11 is 6.18. The fraction of sp³-hybridized carbons (Fsp3) is 0.158. The highest BCUT2D eigenvalue weighted by atomic mass is 35.5. The first-order chi connectivity index (χ1) is 12.7. The standard InChI is InChI=1S/C19H19ClN4O2/c1-25-14-7-8-16(17(9-14)26-2)24-19-10-18(22-12-23-19)21-11-13-5-3-4-6-15(13)20/h3-10,12H,11H2,1-2H3,(H2,21,22,23,24). The van der Waals surface area contributed by atoms with E-state index < -0.39 is 0 Å². The fourth-order valence-corrected chi connectivity index (χ4v) is 2.59. The van der Waals surface area contributed by atoms with E-state index in [0.717, 1.165) is 22.0 Å². The molecule has 1 heterocycles. The minimum atomic E-state index is 0.571. The Morgan fingerprint density at radius 1 is 0.962 bits per heavy atom. The Kier molecular flexibility index (Phi) is 5.76. The maximum Gasteiger partial charge on any atom is 0.146 e. The SMILES string of the molecule is COc1ccc(Nc2cc(NCc3ccccc3Cl)ncn2)c(OC)c1. The van der Waals surface area contributed by atoms with E-state index >= 15 is 0 Å². The zero-order chi connectivity index (χ0) is 18.4. The second kappa shape index (κ2) is 8.40. The van der Waals surface area contributed by atoms with Crippen molar-refractivity contribution in [3.8, 4) is 11.5 Å². The number of anilines is 3. The Hall–Kier alpha value is -2.99. The van der Waals surface area contributed by atoms with E-state index in [9.17, 15) is 0 Å². The van der Waals surface area contributed by atoms with Gasteiger partial charge in [-0.15, -0.1) is 0 Å². The quantitative estimate of drug-likeness (QED) is 0.638. The summed E-state index contributed by atoms with van der Waals surface area (Å²) < 4.78 is 10.6. The van der Waals surface area contributed by atoms with Crippen LogP contribution in [0, 0.1) is 0 Å². The minimum Gasteiger partial charge on any atom is -0.497 e. The van der Waals surface area contributed by atoms with Crippen LogP contribution in [0.3, 0.4) is 0 Å². The molecule has 0 saturated carbocycles. The van der Waals surface area contributed by atoms with Crippen LogP contribution in [0.2, 0.25) is 5.02 Å². The van der Waals surface area contributed by atoms with Gasteiger partial charge in [-0.2, -0.15) is 0 Å². The van der Waals surface area contributed by atoms with Crippen molar-refractivity contribution < 1.29 is 9.47 Å². The predicted octanol–water partition coefficient (Wildman–Crippen LogP) is 4.50. The maximum atomic E-state index is 6.18. The van der Waals surface area contributed by atoms with Crippen molar-refractivity contribution in [3.05, 3.63) is 65.4 Å². The molecule has 0 amide bonds. The van der Waals surface area contributed by atoms with Crippen LogP contribution in [0.5, 0.6) is 11.5 Å². The molecule has 0 radical (unpaired) electrons. The number of rotatable bonds is 7. The lowest BCUT2D eigenvalue weighted by Crippen LogP contribution is -2.04. The lowest BCUT2D eigenvalue weighted by Gasteiger charge is -2.13. The van der Waals surface area contributed by atoms with Crippen LogP contribution in [-0.4, -0.2) is 24.2 Å². The number of hydrogen-bond acceptors (Lipinski definition) is 6. The fourth-order valence-electron chi connectivity index (χ4n) is 2.39. The Balaban J connectivity index is 1.72. The summed E-state index contributed by atoms with van der Waals surface area (Å²) in [7, 11) is 3.22. The lowest BCUT2D eigenvalue weighted by atomic mass is 10.2. The molecule has 26 heavy (non-hydrogen) atoms. The van der Waals surface area contributed by atoms with E-state index in [1.54, 1.807) is 20.3 Å². The summed E-state index contributed by atoms with van der Waals surface area (Å²) in [5.41, 5.74) is 1.78. The highest BCUT2D eigenvalue weighted by Crippen LogP contribution is 2.31. The van der Waals surface area contributed by atoms with Gasteiger partial charge in [0.1, 0.15) is 29.5 Å². The van der Waals surface area contributed by atoms with Gasteiger partial charge in [0.05, 0.1) is 19.9 Å². The predicted molar refractivity (Wildman–Crippen MR) is 104 cm³/mol. The average molecular weight is 371 g/mol. The van der Waals surface area contributed by atoms with Gasteiger partial charge in [-0.05, 0) is 23.8 Å². The van der Waals surface area contributed by atoms with Gasteiger partial charge in [-0.1, -0.05) is 29.8 Å². The monoisotopic (exact) mass is 370 g/mol. The molecule has 0 bridgehead atoms. The van der Waals surface area contributed by atoms with E-state index in [2.05, 4.69) is 20.6 Å². The highest BCUT2D eigenvalue weighted by molar-refractivity contribution is 6.31. The van der Waals surface area contributed by atoms with Crippen LogP contribution in [-0.2, 0) is 6.54 Å². The zero-order valence-electron chi connectivity index (χ0n) is 14.5. The third-order valence-corrected chi connectivity index (χ3v) is 4.13. The summed E-state index contributed by atoms with van der Waals surface area (Å²) in [6.07, 6.45) is 1.49. The molecule has 0 saturated heterocycles. The minimum absolute atomic E-state index is 0.571. The third kappa shape index (κ3) is 4.34. The van der Waals surface area contributed by atoms with Gasteiger partial charge in [0, 0.05) is 23.7 Å². The number of nitrogens with zero attached hydrogens (tertiary/aromatic N) is 2. The van der Waals surface area contributed by atoms with Crippen molar-refractivity contribution in [2.75, 3.05) is 24.9 Å². The Morgan fingerprint density at radius 3 is 2.54 bits per heavy atom. The summed E-state index contributed by atoms with van der Waals surface area (Å²) in [6.45, 7) is 0.571. The number of nitrogens with one attached hydrogen (secondary N) is 2. The second-order valence-corrected chi connectivity index (χ2v) is 5.83. The molecule has 0 aliphatic rings. The molecule has 134 valence electrons. The number of hydrogen-bond donors (Lipinski definition) is 2. The number of halogens is 1. The van der Waals surface area contributed by atoms with Gasteiger partial charge >= 0.3 is 0 Å². The summed E-state index contributed by atoms with van der Waals surface area (Å²) in [5.74, 6) is 2.71. The molecule has 3 rings (SSSR count). The lowest BCUT2D eigenvalue weighted by molar-refractivity contribution is 0.395. The molecule has 6 nitrogen and oxygen atoms in total. The Bertz CT molecular complexity index is 889. The molecule has 2 aromatic carbocycles. The molecule has 1 aromatic heterocycles. The van der Waals surface area contributed by atoms with Crippen molar-refractivity contribution in [3.63, 3.8) is 0 Å². The smallest absolute Gasteiger partial charge is 0.146 e. The average Bonchev–Trinajstić information content (AvgIpc) is 2.68. The van der Waals surface area contributed by atoms with E-state index in [-0.39, 0.29) is 0 Å². The topological polar surface area (TPSA) is 68.3 Å². The van der Waals surface area contributed by atoms with Gasteiger partial charge in [0.25, 0.3) is 0 Å². The normalized spacial score (nSPS) is 10.3. The summed E-state index contributed by atoms with van der Waals surface area (Å²) in [4.78, 5) is 8.49. The van der Waals surface area contributed by atoms with Crippen molar-refractivity contribution >= 4 is 28.9 Å².